The monoisotopic (exact) mass is 332 g/mol. The predicted molar refractivity (Wildman–Crippen MR) is 88.5 cm³/mol. The van der Waals surface area contributed by atoms with Gasteiger partial charge in [0.25, 0.3) is 5.91 Å². The second-order valence-corrected chi connectivity index (χ2v) is 5.04. The Labute approximate surface area is 140 Å². The van der Waals surface area contributed by atoms with E-state index in [4.69, 9.17) is 14.6 Å². The number of β-amino-alcohol motifs (C(OH)–C–C–N with tert-alkyl or cyclic N) is 1. The van der Waals surface area contributed by atoms with Gasteiger partial charge in [0.2, 0.25) is 0 Å². The summed E-state index contributed by atoms with van der Waals surface area (Å²) in [5.74, 6) is -0.254. The van der Waals surface area contributed by atoms with Crippen LogP contribution in [-0.2, 0) is 14.3 Å². The summed E-state index contributed by atoms with van der Waals surface area (Å²) in [5, 5.41) is 12.0. The minimum Gasteiger partial charge on any atom is -0.490 e. The van der Waals surface area contributed by atoms with E-state index in [-0.39, 0.29) is 36.9 Å². The molecule has 0 aromatic heterocycles. The second-order valence-electron chi connectivity index (χ2n) is 5.04. The molecule has 7 nitrogen and oxygen atoms in total. The minimum atomic E-state index is -0.572. The number of benzene rings is 1. The molecule has 0 spiro atoms. The maximum Gasteiger partial charge on any atom is 0.337 e. The summed E-state index contributed by atoms with van der Waals surface area (Å²) in [5.41, 5.74) is 1.04. The van der Waals surface area contributed by atoms with E-state index in [1.165, 1.54) is 12.0 Å². The number of hydrogen-bond donors (Lipinski definition) is 2. The highest BCUT2D eigenvalue weighted by atomic mass is 16.5. The number of nitrogens with one attached hydrogen (secondary N) is 1. The third-order valence-corrected chi connectivity index (χ3v) is 3.45. The van der Waals surface area contributed by atoms with Gasteiger partial charge in [0.05, 0.1) is 25.8 Å². The largest absolute Gasteiger partial charge is 0.490 e. The molecule has 1 amide bonds. The average molecular weight is 332 g/mol. The summed E-state index contributed by atoms with van der Waals surface area (Å²) in [6, 6.07) is 6.97. The first-order valence-electron chi connectivity index (χ1n) is 7.43. The summed E-state index contributed by atoms with van der Waals surface area (Å²) in [6.07, 6.45) is 1.65. The van der Waals surface area contributed by atoms with Gasteiger partial charge in [-0.05, 0) is 24.3 Å². The maximum absolute atomic E-state index is 12.4. The number of rotatable bonds is 8. The van der Waals surface area contributed by atoms with Crippen molar-refractivity contribution >= 4 is 17.6 Å². The van der Waals surface area contributed by atoms with Crippen molar-refractivity contribution in [3.8, 4) is 5.75 Å². The van der Waals surface area contributed by atoms with Crippen LogP contribution in [0.1, 0.15) is 0 Å². The zero-order valence-corrected chi connectivity index (χ0v) is 13.4. The van der Waals surface area contributed by atoms with E-state index in [0.717, 1.165) is 0 Å². The molecule has 0 fully saturated rings. The molecule has 1 aromatic carbocycles. The lowest BCUT2D eigenvalue weighted by Crippen LogP contribution is -2.31. The van der Waals surface area contributed by atoms with E-state index in [0.29, 0.717) is 18.0 Å². The quantitative estimate of drug-likeness (QED) is 0.544. The Kier molecular flexibility index (Phi) is 5.97. The molecule has 0 bridgehead atoms. The van der Waals surface area contributed by atoms with E-state index in [2.05, 4.69) is 11.9 Å². The molecule has 0 saturated heterocycles. The third-order valence-electron chi connectivity index (χ3n) is 3.45. The Morgan fingerprint density at radius 1 is 1.42 bits per heavy atom. The predicted octanol–water partition coefficient (Wildman–Crippen LogP) is 0.925. The normalized spacial score (nSPS) is 13.9. The number of ether oxygens (including phenoxy) is 2. The van der Waals surface area contributed by atoms with Crippen molar-refractivity contribution in [2.75, 3.05) is 38.7 Å². The van der Waals surface area contributed by atoms with E-state index in [1.807, 2.05) is 0 Å². The topological polar surface area (TPSA) is 88.1 Å². The first-order valence-corrected chi connectivity index (χ1v) is 7.43. The van der Waals surface area contributed by atoms with Gasteiger partial charge in [-0.1, -0.05) is 12.7 Å². The molecular formula is C17H20N2O5. The average Bonchev–Trinajstić information content (AvgIpc) is 2.90. The van der Waals surface area contributed by atoms with Crippen LogP contribution in [0.25, 0.3) is 0 Å². The molecule has 0 unspecified atom stereocenters. The van der Waals surface area contributed by atoms with Crippen molar-refractivity contribution < 1.29 is 24.2 Å². The molecule has 0 atom stereocenters. The van der Waals surface area contributed by atoms with Crippen LogP contribution >= 0.6 is 0 Å². The Balaban J connectivity index is 2.18. The van der Waals surface area contributed by atoms with Crippen LogP contribution in [0.2, 0.25) is 0 Å². The zero-order chi connectivity index (χ0) is 17.5. The van der Waals surface area contributed by atoms with E-state index >= 15 is 0 Å². The number of aliphatic hydroxyl groups excluding tert-OH is 1. The summed E-state index contributed by atoms with van der Waals surface area (Å²) in [4.78, 5) is 25.7. The molecule has 1 heterocycles. The molecule has 0 saturated carbocycles. The number of nitrogens with zero attached hydrogens (tertiary/aromatic N) is 1. The van der Waals surface area contributed by atoms with Gasteiger partial charge >= 0.3 is 5.97 Å². The highest BCUT2D eigenvalue weighted by molar-refractivity contribution is 6.08. The van der Waals surface area contributed by atoms with Gasteiger partial charge < -0.3 is 24.8 Å². The van der Waals surface area contributed by atoms with Gasteiger partial charge in [-0.15, -0.1) is 0 Å². The summed E-state index contributed by atoms with van der Waals surface area (Å²) in [6.45, 7) is 4.06. The third kappa shape index (κ3) is 3.94. The van der Waals surface area contributed by atoms with Gasteiger partial charge in [-0.3, -0.25) is 4.79 Å². The lowest BCUT2D eigenvalue weighted by atomic mass is 10.2. The van der Waals surface area contributed by atoms with Crippen molar-refractivity contribution in [2.24, 2.45) is 0 Å². The number of methoxy groups -OCH3 is 1. The van der Waals surface area contributed by atoms with Crippen molar-refractivity contribution in [1.29, 1.82) is 0 Å². The van der Waals surface area contributed by atoms with Crippen LogP contribution in [0.5, 0.6) is 5.75 Å². The first kappa shape index (κ1) is 17.6. The number of anilines is 1. The molecule has 7 heteroatoms. The SMILES string of the molecule is C=CCOc1ccc(NC2=C(C(=O)OC)CN(CCO)C2=O)cc1. The summed E-state index contributed by atoms with van der Waals surface area (Å²) in [7, 11) is 1.26. The Hall–Kier alpha value is -2.80. The van der Waals surface area contributed by atoms with Crippen molar-refractivity contribution in [1.82, 2.24) is 4.90 Å². The van der Waals surface area contributed by atoms with E-state index in [1.54, 1.807) is 30.3 Å². The fourth-order valence-electron chi connectivity index (χ4n) is 2.28. The number of hydrogen-bond acceptors (Lipinski definition) is 6. The number of carbonyl (C=O) groups excluding carboxylic acids is 2. The Morgan fingerprint density at radius 3 is 2.71 bits per heavy atom. The highest BCUT2D eigenvalue weighted by Gasteiger charge is 2.34. The second kappa shape index (κ2) is 8.16. The molecule has 128 valence electrons. The van der Waals surface area contributed by atoms with Gasteiger partial charge in [0, 0.05) is 12.2 Å². The summed E-state index contributed by atoms with van der Waals surface area (Å²) >= 11 is 0. The molecule has 1 aromatic rings. The summed E-state index contributed by atoms with van der Waals surface area (Å²) < 4.78 is 10.1. The zero-order valence-electron chi connectivity index (χ0n) is 13.4. The number of amides is 1. The molecule has 1 aliphatic rings. The van der Waals surface area contributed by atoms with Gasteiger partial charge in [-0.2, -0.15) is 0 Å². The maximum atomic E-state index is 12.4. The van der Waals surface area contributed by atoms with Crippen LogP contribution in [0, 0.1) is 0 Å². The fraction of sp³-hybridized carbons (Fsp3) is 0.294. The van der Waals surface area contributed by atoms with Gasteiger partial charge in [-0.25, -0.2) is 4.79 Å². The fourth-order valence-corrected chi connectivity index (χ4v) is 2.28. The van der Waals surface area contributed by atoms with Crippen LogP contribution < -0.4 is 10.1 Å². The van der Waals surface area contributed by atoms with Crippen molar-refractivity contribution in [2.45, 2.75) is 0 Å². The lowest BCUT2D eigenvalue weighted by molar-refractivity contribution is -0.136. The Morgan fingerprint density at radius 2 is 2.12 bits per heavy atom. The number of esters is 1. The Bertz CT molecular complexity index is 651. The van der Waals surface area contributed by atoms with E-state index < -0.39 is 5.97 Å². The molecular weight excluding hydrogens is 312 g/mol. The highest BCUT2D eigenvalue weighted by Crippen LogP contribution is 2.24. The minimum absolute atomic E-state index is 0.106. The van der Waals surface area contributed by atoms with Crippen molar-refractivity contribution in [3.63, 3.8) is 0 Å². The molecule has 2 N–H and O–H groups in total. The van der Waals surface area contributed by atoms with Crippen LogP contribution in [-0.4, -0.2) is 55.3 Å². The molecule has 0 radical (unpaired) electrons. The molecule has 24 heavy (non-hydrogen) atoms. The van der Waals surface area contributed by atoms with Gasteiger partial charge in [0.15, 0.2) is 0 Å². The van der Waals surface area contributed by atoms with Crippen LogP contribution in [0.4, 0.5) is 5.69 Å². The number of carbonyl (C=O) groups is 2. The standard InChI is InChI=1S/C17H20N2O5/c1-3-10-24-13-6-4-12(5-7-13)18-15-14(17(22)23-2)11-19(8-9-20)16(15)21/h3-7,18,20H,1,8-11H2,2H3. The lowest BCUT2D eigenvalue weighted by Gasteiger charge is -2.15. The van der Waals surface area contributed by atoms with Gasteiger partial charge in [0.1, 0.15) is 18.1 Å². The molecule has 1 aliphatic heterocycles. The van der Waals surface area contributed by atoms with Crippen molar-refractivity contribution in [3.05, 3.63) is 48.2 Å². The molecule has 0 aliphatic carbocycles. The van der Waals surface area contributed by atoms with E-state index in [9.17, 15) is 9.59 Å². The van der Waals surface area contributed by atoms with Crippen LogP contribution in [0.3, 0.4) is 0 Å². The molecule has 2 rings (SSSR count). The number of aliphatic hydroxyl groups is 1. The smallest absolute Gasteiger partial charge is 0.337 e. The first-order chi connectivity index (χ1) is 11.6. The van der Waals surface area contributed by atoms with Crippen LogP contribution in [0.15, 0.2) is 48.2 Å².